The van der Waals surface area contributed by atoms with E-state index in [0.717, 1.165) is 19.9 Å². The second-order valence-corrected chi connectivity index (χ2v) is 8.90. The van der Waals surface area contributed by atoms with Gasteiger partial charge >= 0.3 is 6.18 Å². The summed E-state index contributed by atoms with van der Waals surface area (Å²) in [7, 11) is 0. The predicted octanol–water partition coefficient (Wildman–Crippen LogP) is 3.78. The van der Waals surface area contributed by atoms with Crippen molar-refractivity contribution in [2.24, 2.45) is 5.73 Å². The third-order valence-electron chi connectivity index (χ3n) is 5.71. The summed E-state index contributed by atoms with van der Waals surface area (Å²) in [5, 5.41) is 10.2. The molecule has 1 unspecified atom stereocenters. The van der Waals surface area contributed by atoms with Crippen LogP contribution in [0.5, 0.6) is 0 Å². The molecule has 35 heavy (non-hydrogen) atoms. The Hall–Kier alpha value is -3.90. The van der Waals surface area contributed by atoms with E-state index in [4.69, 9.17) is 16.0 Å². The molecule has 3 heterocycles. The van der Waals surface area contributed by atoms with Gasteiger partial charge in [-0.15, -0.1) is 0 Å². The predicted molar refractivity (Wildman–Crippen MR) is 121 cm³/mol. The smallest absolute Gasteiger partial charge is 0.383 e. The number of aromatic nitrogens is 4. The maximum absolute atomic E-state index is 13.2. The topological polar surface area (TPSA) is 155 Å². The van der Waals surface area contributed by atoms with Crippen LogP contribution in [0.15, 0.2) is 28.9 Å². The fourth-order valence-electron chi connectivity index (χ4n) is 3.22. The van der Waals surface area contributed by atoms with E-state index in [-0.39, 0.29) is 34.7 Å². The van der Waals surface area contributed by atoms with Crippen LogP contribution in [0.25, 0.3) is 11.4 Å². The molecule has 0 saturated heterocycles. The molecule has 0 saturated carbocycles. The third kappa shape index (κ3) is 4.84. The van der Waals surface area contributed by atoms with Crippen LogP contribution in [0.3, 0.4) is 0 Å². The molecule has 1 atom stereocenters. The van der Waals surface area contributed by atoms with Gasteiger partial charge in [-0.25, -0.2) is 4.68 Å². The molecule has 0 aromatic carbocycles. The SMILES string of the molecule is CC(C(=O)Nc1cc(C(C)(C)C(F)(F)F)no1)c1ccc(-c2nn(C(C)C)c(N)c2C(N)=O)nc1. The molecule has 2 amide bonds. The molecule has 0 radical (unpaired) electrons. The van der Waals surface area contributed by atoms with Gasteiger partial charge in [0.25, 0.3) is 5.91 Å². The van der Waals surface area contributed by atoms with E-state index in [1.165, 1.54) is 10.9 Å². The maximum atomic E-state index is 13.2. The Morgan fingerprint density at radius 1 is 1.17 bits per heavy atom. The number of nitrogen functional groups attached to an aromatic ring is 1. The zero-order valence-electron chi connectivity index (χ0n) is 19.8. The van der Waals surface area contributed by atoms with Gasteiger partial charge in [0.15, 0.2) is 0 Å². The molecule has 3 aromatic heterocycles. The Morgan fingerprint density at radius 2 is 1.83 bits per heavy atom. The van der Waals surface area contributed by atoms with Gasteiger partial charge in [0.2, 0.25) is 11.8 Å². The highest BCUT2D eigenvalue weighted by atomic mass is 19.4. The first kappa shape index (κ1) is 25.7. The molecule has 188 valence electrons. The average molecular weight is 493 g/mol. The third-order valence-corrected chi connectivity index (χ3v) is 5.71. The number of alkyl halides is 3. The molecule has 13 heteroatoms. The number of carbonyl (C=O) groups is 2. The van der Waals surface area contributed by atoms with E-state index in [9.17, 15) is 22.8 Å². The van der Waals surface area contributed by atoms with Crippen LogP contribution in [-0.4, -0.2) is 37.9 Å². The first-order valence-electron chi connectivity index (χ1n) is 10.6. The van der Waals surface area contributed by atoms with Crippen LogP contribution in [-0.2, 0) is 10.2 Å². The molecule has 0 fully saturated rings. The van der Waals surface area contributed by atoms with Gasteiger partial charge in [0.1, 0.15) is 28.2 Å². The fourth-order valence-corrected chi connectivity index (χ4v) is 3.22. The van der Waals surface area contributed by atoms with Gasteiger partial charge < -0.3 is 16.0 Å². The highest BCUT2D eigenvalue weighted by Gasteiger charge is 2.50. The Balaban J connectivity index is 1.79. The van der Waals surface area contributed by atoms with Crippen LogP contribution in [0.2, 0.25) is 0 Å². The number of pyridine rings is 1. The van der Waals surface area contributed by atoms with Crippen molar-refractivity contribution in [1.82, 2.24) is 19.9 Å². The van der Waals surface area contributed by atoms with Crippen molar-refractivity contribution in [2.75, 3.05) is 11.1 Å². The van der Waals surface area contributed by atoms with Gasteiger partial charge in [0, 0.05) is 18.3 Å². The van der Waals surface area contributed by atoms with Crippen molar-refractivity contribution in [2.45, 2.75) is 58.2 Å². The minimum absolute atomic E-state index is 0.0487. The van der Waals surface area contributed by atoms with E-state index >= 15 is 0 Å². The van der Waals surface area contributed by atoms with Gasteiger partial charge in [-0.2, -0.15) is 18.3 Å². The molecule has 10 nitrogen and oxygen atoms in total. The second kappa shape index (κ2) is 9.04. The number of primary amides is 1. The van der Waals surface area contributed by atoms with Gasteiger partial charge in [-0.1, -0.05) is 11.2 Å². The number of amides is 2. The summed E-state index contributed by atoms with van der Waals surface area (Å²) >= 11 is 0. The monoisotopic (exact) mass is 493 g/mol. The minimum Gasteiger partial charge on any atom is -0.383 e. The van der Waals surface area contributed by atoms with Crippen molar-refractivity contribution >= 4 is 23.5 Å². The zero-order chi connectivity index (χ0) is 26.3. The molecular weight excluding hydrogens is 467 g/mol. The fraction of sp³-hybridized carbons (Fsp3) is 0.409. The largest absolute Gasteiger partial charge is 0.399 e. The molecule has 5 N–H and O–H groups in total. The van der Waals surface area contributed by atoms with Crippen LogP contribution >= 0.6 is 0 Å². The van der Waals surface area contributed by atoms with Crippen LogP contribution in [0, 0.1) is 0 Å². The van der Waals surface area contributed by atoms with E-state index in [1.54, 1.807) is 19.1 Å². The number of rotatable bonds is 7. The molecule has 0 spiro atoms. The molecular formula is C22H26F3N7O3. The highest BCUT2D eigenvalue weighted by molar-refractivity contribution is 6.03. The van der Waals surface area contributed by atoms with Gasteiger partial charge in [-0.3, -0.25) is 19.9 Å². The highest BCUT2D eigenvalue weighted by Crippen LogP contribution is 2.40. The number of anilines is 2. The van der Waals surface area contributed by atoms with Crippen molar-refractivity contribution < 1.29 is 27.3 Å². The standard InChI is InChI=1S/C22H26F3N7O3/c1-10(2)32-18(26)16(19(27)33)17(30-32)13-7-6-12(9-28-13)11(3)20(34)29-15-8-14(31-35-15)21(4,5)22(23,24)25/h6-11H,26H2,1-5H3,(H2,27,33)(H,29,34). The summed E-state index contributed by atoms with van der Waals surface area (Å²) in [6, 6.07) is 4.10. The summed E-state index contributed by atoms with van der Waals surface area (Å²) in [6.07, 6.45) is -3.12. The van der Waals surface area contributed by atoms with Crippen molar-refractivity contribution in [3.05, 3.63) is 41.2 Å². The zero-order valence-corrected chi connectivity index (χ0v) is 19.8. The molecule has 3 aromatic rings. The van der Waals surface area contributed by atoms with E-state index in [1.807, 2.05) is 13.8 Å². The molecule has 0 bridgehead atoms. The summed E-state index contributed by atoms with van der Waals surface area (Å²) in [6.45, 7) is 7.21. The lowest BCUT2D eigenvalue weighted by Crippen LogP contribution is -2.36. The van der Waals surface area contributed by atoms with E-state index in [2.05, 4.69) is 20.6 Å². The molecule has 0 aliphatic heterocycles. The Labute approximate surface area is 198 Å². The summed E-state index contributed by atoms with van der Waals surface area (Å²) < 4.78 is 46.0. The van der Waals surface area contributed by atoms with Crippen molar-refractivity contribution in [3.8, 4) is 11.4 Å². The normalized spacial score (nSPS) is 13.2. The average Bonchev–Trinajstić information content (AvgIpc) is 3.37. The lowest BCUT2D eigenvalue weighted by atomic mass is 9.89. The minimum atomic E-state index is -4.55. The maximum Gasteiger partial charge on any atom is 0.399 e. The van der Waals surface area contributed by atoms with Crippen molar-refractivity contribution in [1.29, 1.82) is 0 Å². The Bertz CT molecular complexity index is 1240. The quantitative estimate of drug-likeness (QED) is 0.452. The number of halogens is 3. The first-order valence-corrected chi connectivity index (χ1v) is 10.6. The first-order chi connectivity index (χ1) is 16.1. The molecule has 3 rings (SSSR count). The van der Waals surface area contributed by atoms with Crippen LogP contribution in [0.1, 0.15) is 68.2 Å². The summed E-state index contributed by atoms with van der Waals surface area (Å²) in [5.41, 5.74) is 10.00. The molecule has 0 aliphatic carbocycles. The van der Waals surface area contributed by atoms with E-state index in [0.29, 0.717) is 11.3 Å². The lowest BCUT2D eigenvalue weighted by Gasteiger charge is -2.24. The summed E-state index contributed by atoms with van der Waals surface area (Å²) in [5.74, 6) is -2.11. The lowest BCUT2D eigenvalue weighted by molar-refractivity contribution is -0.181. The van der Waals surface area contributed by atoms with Crippen molar-refractivity contribution in [3.63, 3.8) is 0 Å². The van der Waals surface area contributed by atoms with Crippen LogP contribution < -0.4 is 16.8 Å². The van der Waals surface area contributed by atoms with E-state index < -0.39 is 29.3 Å². The van der Waals surface area contributed by atoms with Crippen LogP contribution in [0.4, 0.5) is 24.9 Å². The number of hydrogen-bond acceptors (Lipinski definition) is 7. The number of nitrogens with one attached hydrogen (secondary N) is 1. The number of carbonyl (C=O) groups excluding carboxylic acids is 2. The number of nitrogens with two attached hydrogens (primary N) is 2. The number of hydrogen-bond donors (Lipinski definition) is 3. The second-order valence-electron chi connectivity index (χ2n) is 8.90. The van der Waals surface area contributed by atoms with Gasteiger partial charge in [-0.05, 0) is 46.2 Å². The Morgan fingerprint density at radius 3 is 2.34 bits per heavy atom. The summed E-state index contributed by atoms with van der Waals surface area (Å²) in [4.78, 5) is 28.9. The molecule has 0 aliphatic rings. The number of nitrogens with zero attached hydrogens (tertiary/aromatic N) is 4. The Kier molecular flexibility index (Phi) is 6.64. The van der Waals surface area contributed by atoms with Gasteiger partial charge in [0.05, 0.1) is 11.6 Å².